The molecule has 0 saturated carbocycles. The third-order valence-electron chi connectivity index (χ3n) is 5.09. The van der Waals surface area contributed by atoms with Crippen molar-refractivity contribution >= 4 is 28.4 Å². The third-order valence-corrected chi connectivity index (χ3v) is 5.09. The Kier molecular flexibility index (Phi) is 5.70. The molecule has 0 fully saturated rings. The van der Waals surface area contributed by atoms with E-state index in [4.69, 9.17) is 4.74 Å². The molecule has 0 bridgehead atoms. The smallest absolute Gasteiger partial charge is 0.326 e. The Labute approximate surface area is 173 Å². The molecular weight excluding hydrogens is 382 g/mol. The number of nitrogens with zero attached hydrogens (tertiary/aromatic N) is 3. The van der Waals surface area contributed by atoms with Gasteiger partial charge >= 0.3 is 5.97 Å². The van der Waals surface area contributed by atoms with Crippen LogP contribution >= 0.6 is 0 Å². The predicted molar refractivity (Wildman–Crippen MR) is 113 cm³/mol. The molecule has 1 aliphatic heterocycles. The molecule has 152 valence electrons. The molecule has 0 unspecified atom stereocenters. The summed E-state index contributed by atoms with van der Waals surface area (Å²) >= 11 is 0. The number of para-hydroxylation sites is 1. The van der Waals surface area contributed by atoms with Crippen LogP contribution in [-0.4, -0.2) is 46.0 Å². The number of ether oxygens (including phenoxy) is 1. The van der Waals surface area contributed by atoms with Gasteiger partial charge in [-0.15, -0.1) is 0 Å². The van der Waals surface area contributed by atoms with Gasteiger partial charge in [0.2, 0.25) is 0 Å². The van der Waals surface area contributed by atoms with Crippen LogP contribution in [0, 0.1) is 0 Å². The van der Waals surface area contributed by atoms with E-state index >= 15 is 0 Å². The van der Waals surface area contributed by atoms with Gasteiger partial charge in [-0.25, -0.2) is 4.98 Å². The van der Waals surface area contributed by atoms with Crippen molar-refractivity contribution < 1.29 is 14.3 Å². The number of benzene rings is 2. The van der Waals surface area contributed by atoms with Crippen molar-refractivity contribution in [2.45, 2.75) is 13.0 Å². The number of esters is 1. The molecule has 1 amide bonds. The Bertz CT molecular complexity index is 1170. The van der Waals surface area contributed by atoms with Crippen molar-refractivity contribution in [1.29, 1.82) is 0 Å². The lowest BCUT2D eigenvalue weighted by Crippen LogP contribution is -2.38. The fourth-order valence-electron chi connectivity index (χ4n) is 3.45. The highest BCUT2D eigenvalue weighted by Crippen LogP contribution is 2.21. The second-order valence-corrected chi connectivity index (χ2v) is 7.04. The highest BCUT2D eigenvalue weighted by atomic mass is 16.5. The van der Waals surface area contributed by atoms with Gasteiger partial charge in [-0.05, 0) is 29.7 Å². The summed E-state index contributed by atoms with van der Waals surface area (Å²) in [5.74, 6) is -0.907. The van der Waals surface area contributed by atoms with Crippen LogP contribution in [-0.2, 0) is 20.9 Å². The minimum Gasteiger partial charge on any atom is -0.454 e. The van der Waals surface area contributed by atoms with E-state index in [1.807, 2.05) is 24.3 Å². The molecule has 1 aliphatic rings. The Morgan fingerprint density at radius 2 is 1.80 bits per heavy atom. The van der Waals surface area contributed by atoms with Gasteiger partial charge in [0, 0.05) is 13.1 Å². The first-order valence-electron chi connectivity index (χ1n) is 9.74. The van der Waals surface area contributed by atoms with E-state index < -0.39 is 5.97 Å². The highest BCUT2D eigenvalue weighted by Gasteiger charge is 2.19. The van der Waals surface area contributed by atoms with Gasteiger partial charge in [-0.3, -0.25) is 19.0 Å². The molecule has 2 aromatic carbocycles. The zero-order valence-electron chi connectivity index (χ0n) is 16.4. The van der Waals surface area contributed by atoms with Crippen LogP contribution in [0.4, 0.5) is 0 Å². The van der Waals surface area contributed by atoms with E-state index in [1.165, 1.54) is 16.5 Å². The first-order valence-corrected chi connectivity index (χ1v) is 9.74. The van der Waals surface area contributed by atoms with Gasteiger partial charge in [0.1, 0.15) is 6.54 Å². The predicted octanol–water partition coefficient (Wildman–Crippen LogP) is 2.26. The molecular formula is C23H21N3O4. The monoisotopic (exact) mass is 403 g/mol. The first kappa shape index (κ1) is 19.6. The molecule has 30 heavy (non-hydrogen) atoms. The number of carbonyl (C=O) groups excluding carboxylic acids is 2. The lowest BCUT2D eigenvalue weighted by molar-refractivity contribution is -0.152. The zero-order chi connectivity index (χ0) is 20.9. The van der Waals surface area contributed by atoms with Crippen LogP contribution in [0.1, 0.15) is 12.0 Å². The van der Waals surface area contributed by atoms with Crippen molar-refractivity contribution in [2.24, 2.45) is 0 Å². The number of aromatic nitrogens is 2. The van der Waals surface area contributed by atoms with Gasteiger partial charge in [0.05, 0.1) is 17.2 Å². The summed E-state index contributed by atoms with van der Waals surface area (Å²) < 4.78 is 6.29. The summed E-state index contributed by atoms with van der Waals surface area (Å²) in [4.78, 5) is 42.8. The SMILES string of the molecule is O=C(Cn1cnc2ccccc2c1=O)OCC(=O)N1CC=C(c2ccccc2)CC1. The average Bonchev–Trinajstić information content (AvgIpc) is 2.80. The maximum absolute atomic E-state index is 12.4. The fourth-order valence-corrected chi connectivity index (χ4v) is 3.45. The number of hydrogen-bond acceptors (Lipinski definition) is 5. The van der Waals surface area contributed by atoms with Crippen LogP contribution in [0.2, 0.25) is 0 Å². The molecule has 7 nitrogen and oxygen atoms in total. The van der Waals surface area contributed by atoms with Crippen LogP contribution in [0.3, 0.4) is 0 Å². The topological polar surface area (TPSA) is 81.5 Å². The standard InChI is InChI=1S/C23H21N3O4/c27-21(25-12-10-18(11-13-25)17-6-2-1-3-7-17)15-30-22(28)14-26-16-24-20-9-5-4-8-19(20)23(26)29/h1-10,16H,11-15H2. The zero-order valence-corrected chi connectivity index (χ0v) is 16.4. The van der Waals surface area contributed by atoms with Gasteiger partial charge in [-0.1, -0.05) is 48.5 Å². The minimum atomic E-state index is -0.653. The summed E-state index contributed by atoms with van der Waals surface area (Å²) in [5.41, 5.74) is 2.61. The van der Waals surface area contributed by atoms with Gasteiger partial charge in [-0.2, -0.15) is 0 Å². The molecule has 3 aromatic rings. The number of fused-ring (bicyclic) bond motifs is 1. The first-order chi connectivity index (χ1) is 14.6. The lowest BCUT2D eigenvalue weighted by Gasteiger charge is -2.26. The fraction of sp³-hybridized carbons (Fsp3) is 0.217. The number of amides is 1. The maximum atomic E-state index is 12.4. The number of hydrogen-bond donors (Lipinski definition) is 0. The van der Waals surface area contributed by atoms with Crippen LogP contribution in [0.5, 0.6) is 0 Å². The number of rotatable bonds is 5. The quantitative estimate of drug-likeness (QED) is 0.611. The second kappa shape index (κ2) is 8.73. The summed E-state index contributed by atoms with van der Waals surface area (Å²) in [6.07, 6.45) is 4.09. The van der Waals surface area contributed by atoms with Crippen LogP contribution in [0.25, 0.3) is 16.5 Å². The summed E-state index contributed by atoms with van der Waals surface area (Å²) in [6.45, 7) is 0.422. The maximum Gasteiger partial charge on any atom is 0.326 e. The molecule has 0 N–H and O–H groups in total. The lowest BCUT2D eigenvalue weighted by atomic mass is 10.00. The van der Waals surface area contributed by atoms with E-state index in [-0.39, 0.29) is 24.6 Å². The molecule has 0 radical (unpaired) electrons. The molecule has 0 aliphatic carbocycles. The molecule has 4 rings (SSSR count). The van der Waals surface area contributed by atoms with Gasteiger partial charge in [0.15, 0.2) is 6.61 Å². The summed E-state index contributed by atoms with van der Waals surface area (Å²) in [6, 6.07) is 17.0. The van der Waals surface area contributed by atoms with Crippen molar-refractivity contribution in [2.75, 3.05) is 19.7 Å². The van der Waals surface area contributed by atoms with Gasteiger partial charge in [0.25, 0.3) is 11.5 Å². The highest BCUT2D eigenvalue weighted by molar-refractivity contribution is 5.82. The second-order valence-electron chi connectivity index (χ2n) is 7.04. The summed E-state index contributed by atoms with van der Waals surface area (Å²) in [7, 11) is 0. The average molecular weight is 403 g/mol. The molecule has 0 atom stereocenters. The summed E-state index contributed by atoms with van der Waals surface area (Å²) in [5, 5.41) is 0.429. The molecule has 7 heteroatoms. The Hall–Kier alpha value is -3.74. The molecule has 2 heterocycles. The molecule has 0 saturated heterocycles. The van der Waals surface area contributed by atoms with E-state index in [9.17, 15) is 14.4 Å². The van der Waals surface area contributed by atoms with Crippen molar-refractivity contribution in [3.8, 4) is 0 Å². The van der Waals surface area contributed by atoms with E-state index in [2.05, 4.69) is 17.1 Å². The number of carbonyl (C=O) groups is 2. The van der Waals surface area contributed by atoms with Crippen molar-refractivity contribution in [3.05, 3.63) is 82.9 Å². The van der Waals surface area contributed by atoms with Crippen LogP contribution < -0.4 is 5.56 Å². The van der Waals surface area contributed by atoms with Crippen molar-refractivity contribution in [3.63, 3.8) is 0 Å². The van der Waals surface area contributed by atoms with E-state index in [1.54, 1.807) is 29.2 Å². The Balaban J connectivity index is 1.31. The largest absolute Gasteiger partial charge is 0.454 e. The third kappa shape index (κ3) is 4.30. The Morgan fingerprint density at radius 3 is 2.57 bits per heavy atom. The van der Waals surface area contributed by atoms with Crippen LogP contribution in [0.15, 0.2) is 71.8 Å². The van der Waals surface area contributed by atoms with E-state index in [0.717, 1.165) is 12.0 Å². The van der Waals surface area contributed by atoms with Crippen molar-refractivity contribution in [1.82, 2.24) is 14.5 Å². The molecule has 1 aromatic heterocycles. The van der Waals surface area contributed by atoms with Gasteiger partial charge < -0.3 is 9.64 Å². The van der Waals surface area contributed by atoms with E-state index in [0.29, 0.717) is 24.0 Å². The minimum absolute atomic E-state index is 0.254. The molecule has 0 spiro atoms. The Morgan fingerprint density at radius 1 is 1.03 bits per heavy atom. The normalized spacial score (nSPS) is 13.7.